The number of benzene rings is 1. The van der Waals surface area contributed by atoms with E-state index in [9.17, 15) is 8.42 Å². The average molecular weight is 239 g/mol. The molecule has 4 heteroatoms. The van der Waals surface area contributed by atoms with Crippen molar-refractivity contribution in [2.75, 3.05) is 17.1 Å². The van der Waals surface area contributed by atoms with Gasteiger partial charge in [0.1, 0.15) is 0 Å². The predicted octanol–water partition coefficient (Wildman–Crippen LogP) is 2.35. The first-order valence-corrected chi connectivity index (χ1v) is 7.41. The molecular weight excluding hydrogens is 222 g/mol. The molecule has 3 nitrogen and oxygen atoms in total. The van der Waals surface area contributed by atoms with Crippen molar-refractivity contribution in [1.82, 2.24) is 0 Å². The maximum Gasteiger partial charge on any atom is 0.232 e. The summed E-state index contributed by atoms with van der Waals surface area (Å²) in [5, 5.41) is 0. The second kappa shape index (κ2) is 4.09. The molecule has 1 aromatic rings. The molecule has 0 spiro atoms. The van der Waals surface area contributed by atoms with Gasteiger partial charge in [0.05, 0.1) is 11.9 Å². The highest BCUT2D eigenvalue weighted by Gasteiger charge is 2.24. The molecule has 0 fully saturated rings. The zero-order chi connectivity index (χ0) is 11.8. The van der Waals surface area contributed by atoms with E-state index in [2.05, 4.69) is 6.92 Å². The van der Waals surface area contributed by atoms with Crippen LogP contribution in [-0.4, -0.2) is 21.2 Å². The molecule has 1 aliphatic heterocycles. The summed E-state index contributed by atoms with van der Waals surface area (Å²) >= 11 is 0. The summed E-state index contributed by atoms with van der Waals surface area (Å²) in [6, 6.07) is 7.80. The van der Waals surface area contributed by atoms with E-state index in [1.54, 1.807) is 0 Å². The second-order valence-electron chi connectivity index (χ2n) is 4.44. The van der Waals surface area contributed by atoms with Crippen LogP contribution < -0.4 is 4.31 Å². The Morgan fingerprint density at radius 1 is 1.31 bits per heavy atom. The number of rotatable bonds is 1. The first-order valence-electron chi connectivity index (χ1n) is 5.57. The van der Waals surface area contributed by atoms with Crippen molar-refractivity contribution in [2.45, 2.75) is 25.7 Å². The van der Waals surface area contributed by atoms with Gasteiger partial charge in [0.15, 0.2) is 0 Å². The molecule has 0 aromatic heterocycles. The van der Waals surface area contributed by atoms with Crippen molar-refractivity contribution < 1.29 is 8.42 Å². The molecule has 1 atom stereocenters. The van der Waals surface area contributed by atoms with E-state index in [1.165, 1.54) is 10.6 Å². The Hall–Kier alpha value is -1.03. The molecule has 0 saturated carbocycles. The van der Waals surface area contributed by atoms with Crippen molar-refractivity contribution in [2.24, 2.45) is 0 Å². The molecule has 0 saturated heterocycles. The van der Waals surface area contributed by atoms with Gasteiger partial charge in [-0.15, -0.1) is 0 Å². The summed E-state index contributed by atoms with van der Waals surface area (Å²) in [4.78, 5) is 0. The third-order valence-corrected chi connectivity index (χ3v) is 4.31. The Bertz CT molecular complexity index is 482. The van der Waals surface area contributed by atoms with Crippen molar-refractivity contribution >= 4 is 15.7 Å². The van der Waals surface area contributed by atoms with Gasteiger partial charge in [-0.05, 0) is 30.4 Å². The number of anilines is 1. The van der Waals surface area contributed by atoms with Crippen LogP contribution in [0.4, 0.5) is 5.69 Å². The second-order valence-corrected chi connectivity index (χ2v) is 6.34. The van der Waals surface area contributed by atoms with E-state index in [-0.39, 0.29) is 0 Å². The molecule has 0 bridgehead atoms. The summed E-state index contributed by atoms with van der Waals surface area (Å²) in [6.45, 7) is 2.75. The van der Waals surface area contributed by atoms with Crippen LogP contribution in [0.1, 0.15) is 31.2 Å². The lowest BCUT2D eigenvalue weighted by Crippen LogP contribution is -2.30. The Labute approximate surface area is 97.1 Å². The third kappa shape index (κ3) is 2.07. The first-order chi connectivity index (χ1) is 7.50. The molecule has 0 N–H and O–H groups in total. The maximum atomic E-state index is 11.7. The quantitative estimate of drug-likeness (QED) is 0.754. The molecule has 16 heavy (non-hydrogen) atoms. The van der Waals surface area contributed by atoms with Gasteiger partial charge in [-0.1, -0.05) is 25.1 Å². The van der Waals surface area contributed by atoms with Crippen LogP contribution in [-0.2, 0) is 10.0 Å². The fourth-order valence-corrected chi connectivity index (χ4v) is 3.28. The van der Waals surface area contributed by atoms with Gasteiger partial charge in [0, 0.05) is 6.54 Å². The van der Waals surface area contributed by atoms with Gasteiger partial charge in [-0.2, -0.15) is 0 Å². The lowest BCUT2D eigenvalue weighted by Gasteiger charge is -2.22. The number of nitrogens with zero attached hydrogens (tertiary/aromatic N) is 1. The molecule has 2 rings (SSSR count). The fourth-order valence-electron chi connectivity index (χ4n) is 2.29. The molecule has 0 radical (unpaired) electrons. The van der Waals surface area contributed by atoms with Gasteiger partial charge >= 0.3 is 0 Å². The summed E-state index contributed by atoms with van der Waals surface area (Å²) in [5.41, 5.74) is 2.00. The van der Waals surface area contributed by atoms with E-state index in [4.69, 9.17) is 0 Å². The van der Waals surface area contributed by atoms with Gasteiger partial charge in [0.2, 0.25) is 10.0 Å². The highest BCUT2D eigenvalue weighted by Crippen LogP contribution is 2.34. The molecule has 1 aromatic carbocycles. The highest BCUT2D eigenvalue weighted by molar-refractivity contribution is 7.92. The normalized spacial score (nSPS) is 21.4. The molecular formula is C12H17NO2S. The molecule has 1 aliphatic rings. The van der Waals surface area contributed by atoms with Crippen LogP contribution in [0, 0.1) is 0 Å². The van der Waals surface area contributed by atoms with Crippen LogP contribution in [0.5, 0.6) is 0 Å². The molecule has 0 unspecified atom stereocenters. The van der Waals surface area contributed by atoms with E-state index < -0.39 is 10.0 Å². The molecule has 88 valence electrons. The lowest BCUT2D eigenvalue weighted by molar-refractivity contribution is 0.593. The summed E-state index contributed by atoms with van der Waals surface area (Å²) in [6.07, 6.45) is 3.24. The van der Waals surface area contributed by atoms with E-state index in [0.717, 1.165) is 24.1 Å². The lowest BCUT2D eigenvalue weighted by atomic mass is 9.96. The minimum atomic E-state index is -3.15. The summed E-state index contributed by atoms with van der Waals surface area (Å²) in [7, 11) is -3.15. The number of fused-ring (bicyclic) bond motifs is 1. The molecule has 0 aliphatic carbocycles. The number of sulfonamides is 1. The Morgan fingerprint density at radius 2 is 2.00 bits per heavy atom. The van der Waals surface area contributed by atoms with Crippen molar-refractivity contribution in [3.05, 3.63) is 29.8 Å². The summed E-state index contributed by atoms with van der Waals surface area (Å²) < 4.78 is 25.0. The zero-order valence-electron chi connectivity index (χ0n) is 9.68. The van der Waals surface area contributed by atoms with Crippen LogP contribution >= 0.6 is 0 Å². The Balaban J connectivity index is 2.56. The van der Waals surface area contributed by atoms with Crippen LogP contribution in [0.15, 0.2) is 24.3 Å². The minimum absolute atomic E-state index is 0.433. The standard InChI is InChI=1S/C12H17NO2S/c1-10-6-5-9-13(16(2,14)15)12-8-4-3-7-11(10)12/h3-4,7-8,10H,5-6,9H2,1-2H3/t10-/m0/s1. The Kier molecular flexibility index (Phi) is 2.93. The van der Waals surface area contributed by atoms with Crippen molar-refractivity contribution in [3.63, 3.8) is 0 Å². The number of hydrogen-bond acceptors (Lipinski definition) is 2. The maximum absolute atomic E-state index is 11.7. The monoisotopic (exact) mass is 239 g/mol. The topological polar surface area (TPSA) is 37.4 Å². The molecule has 0 amide bonds. The van der Waals surface area contributed by atoms with Crippen molar-refractivity contribution in [1.29, 1.82) is 0 Å². The fraction of sp³-hybridized carbons (Fsp3) is 0.500. The number of para-hydroxylation sites is 1. The van der Waals surface area contributed by atoms with E-state index >= 15 is 0 Å². The number of hydrogen-bond donors (Lipinski definition) is 0. The van der Waals surface area contributed by atoms with Crippen molar-refractivity contribution in [3.8, 4) is 0 Å². The van der Waals surface area contributed by atoms with Gasteiger partial charge in [-0.3, -0.25) is 4.31 Å². The largest absolute Gasteiger partial charge is 0.270 e. The first kappa shape index (κ1) is 11.5. The average Bonchev–Trinajstić information content (AvgIpc) is 2.38. The minimum Gasteiger partial charge on any atom is -0.270 e. The predicted molar refractivity (Wildman–Crippen MR) is 66.3 cm³/mol. The van der Waals surface area contributed by atoms with Gasteiger partial charge < -0.3 is 0 Å². The van der Waals surface area contributed by atoms with Crippen LogP contribution in [0.3, 0.4) is 0 Å². The molecule has 1 heterocycles. The van der Waals surface area contributed by atoms with Gasteiger partial charge in [-0.25, -0.2) is 8.42 Å². The summed E-state index contributed by atoms with van der Waals surface area (Å²) in [5.74, 6) is 0.433. The zero-order valence-corrected chi connectivity index (χ0v) is 10.5. The Morgan fingerprint density at radius 3 is 2.69 bits per heavy atom. The third-order valence-electron chi connectivity index (χ3n) is 3.14. The van der Waals surface area contributed by atoms with Crippen LogP contribution in [0.25, 0.3) is 0 Å². The SMILES string of the molecule is C[C@H]1CCCN(S(C)(=O)=O)c2ccccc21. The van der Waals surface area contributed by atoms with E-state index in [1.807, 2.05) is 24.3 Å². The highest BCUT2D eigenvalue weighted by atomic mass is 32.2. The smallest absolute Gasteiger partial charge is 0.232 e. The van der Waals surface area contributed by atoms with E-state index in [0.29, 0.717) is 12.5 Å². The van der Waals surface area contributed by atoms with Gasteiger partial charge in [0.25, 0.3) is 0 Å². The van der Waals surface area contributed by atoms with Crippen LogP contribution in [0.2, 0.25) is 0 Å².